The highest BCUT2D eigenvalue weighted by Gasteiger charge is 2.39. The van der Waals surface area contributed by atoms with Gasteiger partial charge >= 0.3 is 0 Å². The summed E-state index contributed by atoms with van der Waals surface area (Å²) in [5.41, 5.74) is 3.79. The molecule has 132 valence electrons. The number of benzene rings is 2. The fraction of sp³-hybridized carbons (Fsp3) is 0.238. The molecule has 3 aromatic rings. The van der Waals surface area contributed by atoms with Crippen LogP contribution in [0.4, 0.5) is 0 Å². The minimum absolute atomic E-state index is 0.0639. The number of aromatic nitrogens is 1. The van der Waals surface area contributed by atoms with Gasteiger partial charge in [-0.05, 0) is 17.7 Å². The van der Waals surface area contributed by atoms with Gasteiger partial charge in [-0.3, -0.25) is 9.59 Å². The van der Waals surface area contributed by atoms with E-state index in [0.717, 1.165) is 22.0 Å². The van der Waals surface area contributed by atoms with E-state index in [1.54, 1.807) is 19.0 Å². The summed E-state index contributed by atoms with van der Waals surface area (Å²) in [5.74, 6) is -0.176. The summed E-state index contributed by atoms with van der Waals surface area (Å²) in [4.78, 5) is 28.6. The Morgan fingerprint density at radius 3 is 2.50 bits per heavy atom. The molecule has 1 aliphatic rings. The zero-order valence-corrected chi connectivity index (χ0v) is 15.1. The van der Waals surface area contributed by atoms with Gasteiger partial charge in [-0.15, -0.1) is 0 Å². The Morgan fingerprint density at radius 1 is 1.04 bits per heavy atom. The molecule has 0 saturated heterocycles. The molecular weight excluding hydrogens is 326 g/mol. The van der Waals surface area contributed by atoms with Crippen molar-refractivity contribution in [1.29, 1.82) is 0 Å². The predicted octanol–water partition coefficient (Wildman–Crippen LogP) is 2.81. The lowest BCUT2D eigenvalue weighted by Crippen LogP contribution is -2.39. The van der Waals surface area contributed by atoms with Crippen LogP contribution in [0.1, 0.15) is 27.5 Å². The smallest absolute Gasteiger partial charge is 0.255 e. The Hall–Kier alpha value is -3.08. The number of rotatable bonds is 3. The van der Waals surface area contributed by atoms with Crippen LogP contribution < -0.4 is 0 Å². The van der Waals surface area contributed by atoms with Crippen molar-refractivity contribution in [3.63, 3.8) is 0 Å². The monoisotopic (exact) mass is 347 g/mol. The van der Waals surface area contributed by atoms with Crippen molar-refractivity contribution in [2.24, 2.45) is 7.05 Å². The highest BCUT2D eigenvalue weighted by Crippen LogP contribution is 2.41. The summed E-state index contributed by atoms with van der Waals surface area (Å²) in [5, 5.41) is 1.10. The van der Waals surface area contributed by atoms with Gasteiger partial charge in [-0.2, -0.15) is 0 Å². The molecule has 5 nitrogen and oxygen atoms in total. The van der Waals surface area contributed by atoms with Crippen LogP contribution in [0.3, 0.4) is 0 Å². The highest BCUT2D eigenvalue weighted by molar-refractivity contribution is 6.02. The van der Waals surface area contributed by atoms with Crippen LogP contribution in [0.15, 0.2) is 54.7 Å². The molecule has 4 rings (SSSR count). The third-order valence-corrected chi connectivity index (χ3v) is 5.09. The SMILES string of the molecule is CN(C)C(=O)CN1C(=O)c2ccccc2[C@@H]1c1cn(C)c2ccccc12. The first-order valence-electron chi connectivity index (χ1n) is 8.63. The topological polar surface area (TPSA) is 45.6 Å². The third-order valence-electron chi connectivity index (χ3n) is 5.09. The standard InChI is InChI=1S/C21H21N3O2/c1-22(2)19(25)13-24-20(15-9-4-5-10-16(15)21(24)26)17-12-23(3)18-11-7-6-8-14(17)18/h4-12,20H,13H2,1-3H3/t20-/m1/s1. The van der Waals surface area contributed by atoms with Crippen molar-refractivity contribution < 1.29 is 9.59 Å². The zero-order valence-electron chi connectivity index (χ0n) is 15.1. The molecule has 26 heavy (non-hydrogen) atoms. The number of hydrogen-bond acceptors (Lipinski definition) is 2. The van der Waals surface area contributed by atoms with Gasteiger partial charge in [-0.25, -0.2) is 0 Å². The first-order chi connectivity index (χ1) is 12.5. The Labute approximate surface area is 152 Å². The van der Waals surface area contributed by atoms with E-state index in [2.05, 4.69) is 22.9 Å². The Bertz CT molecular complexity index is 1020. The lowest BCUT2D eigenvalue weighted by atomic mass is 9.97. The first kappa shape index (κ1) is 16.4. The molecule has 0 aliphatic carbocycles. The van der Waals surface area contributed by atoms with Gasteiger partial charge < -0.3 is 14.4 Å². The lowest BCUT2D eigenvalue weighted by Gasteiger charge is -2.26. The van der Waals surface area contributed by atoms with Crippen LogP contribution in [-0.4, -0.2) is 46.8 Å². The Kier molecular flexibility index (Phi) is 3.80. The van der Waals surface area contributed by atoms with E-state index in [4.69, 9.17) is 0 Å². The summed E-state index contributed by atoms with van der Waals surface area (Å²) in [6, 6.07) is 15.5. The molecule has 0 fully saturated rings. The quantitative estimate of drug-likeness (QED) is 0.731. The van der Waals surface area contributed by atoms with Gasteiger partial charge in [0, 0.05) is 49.4 Å². The molecule has 1 aromatic heterocycles. The summed E-state index contributed by atoms with van der Waals surface area (Å²) >= 11 is 0. The molecular formula is C21H21N3O2. The maximum absolute atomic E-state index is 13.0. The van der Waals surface area contributed by atoms with Crippen LogP contribution in [0.25, 0.3) is 10.9 Å². The normalized spacial score (nSPS) is 16.2. The number of likely N-dealkylation sites (N-methyl/N-ethyl adjacent to an activating group) is 1. The number of carbonyl (C=O) groups excluding carboxylic acids is 2. The molecule has 1 aliphatic heterocycles. The van der Waals surface area contributed by atoms with Crippen LogP contribution >= 0.6 is 0 Å². The van der Waals surface area contributed by atoms with Gasteiger partial charge in [0.2, 0.25) is 5.91 Å². The fourth-order valence-corrected chi connectivity index (χ4v) is 3.75. The number of fused-ring (bicyclic) bond motifs is 2. The average Bonchev–Trinajstić information content (AvgIpc) is 3.11. The number of carbonyl (C=O) groups is 2. The van der Waals surface area contributed by atoms with Crippen molar-refractivity contribution in [1.82, 2.24) is 14.4 Å². The molecule has 0 bridgehead atoms. The van der Waals surface area contributed by atoms with Gasteiger partial charge in [0.25, 0.3) is 5.91 Å². The summed E-state index contributed by atoms with van der Waals surface area (Å²) in [7, 11) is 5.43. The van der Waals surface area contributed by atoms with Crippen LogP contribution in [0, 0.1) is 0 Å². The van der Waals surface area contributed by atoms with Crippen LogP contribution in [0.2, 0.25) is 0 Å². The highest BCUT2D eigenvalue weighted by atomic mass is 16.2. The minimum atomic E-state index is -0.256. The van der Waals surface area contributed by atoms with Crippen molar-refractivity contribution in [3.8, 4) is 0 Å². The second kappa shape index (κ2) is 6.02. The van der Waals surface area contributed by atoms with E-state index in [0.29, 0.717) is 5.56 Å². The lowest BCUT2D eigenvalue weighted by molar-refractivity contribution is -0.129. The molecule has 0 radical (unpaired) electrons. The van der Waals surface area contributed by atoms with E-state index < -0.39 is 0 Å². The van der Waals surface area contributed by atoms with Crippen molar-refractivity contribution in [3.05, 3.63) is 71.4 Å². The van der Waals surface area contributed by atoms with Gasteiger partial charge in [-0.1, -0.05) is 36.4 Å². The van der Waals surface area contributed by atoms with Crippen molar-refractivity contribution in [2.75, 3.05) is 20.6 Å². The predicted molar refractivity (Wildman–Crippen MR) is 101 cm³/mol. The molecule has 0 saturated carbocycles. The zero-order chi connectivity index (χ0) is 18.4. The molecule has 2 heterocycles. The number of hydrogen-bond donors (Lipinski definition) is 0. The maximum atomic E-state index is 13.0. The molecule has 5 heteroatoms. The van der Waals surface area contributed by atoms with E-state index in [1.807, 2.05) is 43.4 Å². The minimum Gasteiger partial charge on any atom is -0.350 e. The number of aryl methyl sites for hydroxylation is 1. The third kappa shape index (κ3) is 2.39. The molecule has 0 N–H and O–H groups in total. The summed E-state index contributed by atoms with van der Waals surface area (Å²) < 4.78 is 2.07. The van der Waals surface area contributed by atoms with Crippen LogP contribution in [0.5, 0.6) is 0 Å². The maximum Gasteiger partial charge on any atom is 0.255 e. The first-order valence-corrected chi connectivity index (χ1v) is 8.63. The molecule has 1 atom stereocenters. The number of para-hydroxylation sites is 1. The van der Waals surface area contributed by atoms with E-state index in [1.165, 1.54) is 4.90 Å². The average molecular weight is 347 g/mol. The van der Waals surface area contributed by atoms with Crippen molar-refractivity contribution >= 4 is 22.7 Å². The summed E-state index contributed by atoms with van der Waals surface area (Å²) in [6.07, 6.45) is 2.07. The molecule has 0 spiro atoms. The van der Waals surface area contributed by atoms with Crippen molar-refractivity contribution in [2.45, 2.75) is 6.04 Å². The van der Waals surface area contributed by atoms with E-state index >= 15 is 0 Å². The van der Waals surface area contributed by atoms with E-state index in [9.17, 15) is 9.59 Å². The number of amides is 2. The fourth-order valence-electron chi connectivity index (χ4n) is 3.75. The molecule has 2 aromatic carbocycles. The summed E-state index contributed by atoms with van der Waals surface area (Å²) in [6.45, 7) is 0.0639. The van der Waals surface area contributed by atoms with E-state index in [-0.39, 0.29) is 24.4 Å². The van der Waals surface area contributed by atoms with Crippen LogP contribution in [-0.2, 0) is 11.8 Å². The van der Waals surface area contributed by atoms with Gasteiger partial charge in [0.05, 0.1) is 6.04 Å². The second-order valence-corrected chi connectivity index (χ2v) is 6.92. The molecule has 2 amide bonds. The van der Waals surface area contributed by atoms with Gasteiger partial charge in [0.1, 0.15) is 6.54 Å². The largest absolute Gasteiger partial charge is 0.350 e. The second-order valence-electron chi connectivity index (χ2n) is 6.92. The molecule has 0 unspecified atom stereocenters. The Morgan fingerprint density at radius 2 is 1.73 bits per heavy atom. The van der Waals surface area contributed by atoms with Gasteiger partial charge in [0.15, 0.2) is 0 Å². The Balaban J connectivity index is 1.89. The number of nitrogens with zero attached hydrogens (tertiary/aromatic N) is 3.